The molecular formula is C14H21NO2. The highest BCUT2D eigenvalue weighted by Crippen LogP contribution is 2.41. The van der Waals surface area contributed by atoms with Gasteiger partial charge in [0.1, 0.15) is 0 Å². The van der Waals surface area contributed by atoms with Gasteiger partial charge >= 0.3 is 0 Å². The maximum atomic E-state index is 9.82. The third-order valence-corrected chi connectivity index (χ3v) is 3.53. The molecular weight excluding hydrogens is 214 g/mol. The number of benzene rings is 1. The molecule has 1 aromatic rings. The Balaban J connectivity index is 1.98. The van der Waals surface area contributed by atoms with Gasteiger partial charge in [-0.1, -0.05) is 24.3 Å². The predicted octanol–water partition coefficient (Wildman–Crippen LogP) is 1.66. The topological polar surface area (TPSA) is 41.5 Å². The van der Waals surface area contributed by atoms with Crippen molar-refractivity contribution in [3.05, 3.63) is 35.4 Å². The Morgan fingerprint density at radius 3 is 2.47 bits per heavy atom. The van der Waals surface area contributed by atoms with Crippen molar-refractivity contribution < 1.29 is 9.84 Å². The quantitative estimate of drug-likeness (QED) is 0.788. The monoisotopic (exact) mass is 235 g/mol. The molecule has 3 heteroatoms. The van der Waals surface area contributed by atoms with Gasteiger partial charge in [-0.3, -0.25) is 0 Å². The van der Waals surface area contributed by atoms with Gasteiger partial charge in [0.15, 0.2) is 0 Å². The molecule has 1 fully saturated rings. The number of rotatable bonds is 6. The third kappa shape index (κ3) is 3.06. The number of aliphatic hydroxyl groups is 1. The molecule has 1 unspecified atom stereocenters. The zero-order valence-corrected chi connectivity index (χ0v) is 10.6. The van der Waals surface area contributed by atoms with Gasteiger partial charge in [0.25, 0.3) is 0 Å². The number of methoxy groups -OCH3 is 1. The zero-order chi connectivity index (χ0) is 12.3. The molecule has 1 atom stereocenters. The Morgan fingerprint density at radius 1 is 1.35 bits per heavy atom. The fraction of sp³-hybridized carbons (Fsp3) is 0.571. The van der Waals surface area contributed by atoms with Gasteiger partial charge in [-0.05, 0) is 31.0 Å². The maximum Gasteiger partial charge on any atom is 0.0914 e. The van der Waals surface area contributed by atoms with Crippen molar-refractivity contribution in [1.29, 1.82) is 0 Å². The lowest BCUT2D eigenvalue weighted by Crippen LogP contribution is -2.17. The standard InChI is InChI=1S/C14H21NO2/c1-15-10-13(16)12-5-3-11(4-6-12)9-14(17-2)7-8-14/h3-6,13,15-16H,7-10H2,1-2H3. The molecule has 94 valence electrons. The molecule has 3 nitrogen and oxygen atoms in total. The van der Waals surface area contributed by atoms with Gasteiger partial charge in [0, 0.05) is 20.1 Å². The maximum absolute atomic E-state index is 9.82. The molecule has 0 saturated heterocycles. The van der Waals surface area contributed by atoms with E-state index < -0.39 is 6.10 Å². The molecule has 0 spiro atoms. The summed E-state index contributed by atoms with van der Waals surface area (Å²) < 4.78 is 5.51. The van der Waals surface area contributed by atoms with E-state index in [-0.39, 0.29) is 5.60 Å². The minimum atomic E-state index is -0.425. The molecule has 0 aromatic heterocycles. The van der Waals surface area contributed by atoms with Crippen molar-refractivity contribution in [1.82, 2.24) is 5.32 Å². The Labute approximate surface area is 103 Å². The van der Waals surface area contributed by atoms with Crippen LogP contribution < -0.4 is 5.32 Å². The molecule has 1 aliphatic carbocycles. The largest absolute Gasteiger partial charge is 0.387 e. The number of ether oxygens (including phenoxy) is 1. The fourth-order valence-corrected chi connectivity index (χ4v) is 2.13. The molecule has 0 aliphatic heterocycles. The molecule has 0 radical (unpaired) electrons. The van der Waals surface area contributed by atoms with Crippen LogP contribution in [0.5, 0.6) is 0 Å². The SMILES string of the molecule is CNCC(O)c1ccc(CC2(OC)CC2)cc1. The van der Waals surface area contributed by atoms with E-state index in [4.69, 9.17) is 4.74 Å². The van der Waals surface area contributed by atoms with Gasteiger partial charge in [-0.2, -0.15) is 0 Å². The summed E-state index contributed by atoms with van der Waals surface area (Å²) in [4.78, 5) is 0. The molecule has 0 bridgehead atoms. The van der Waals surface area contributed by atoms with E-state index in [9.17, 15) is 5.11 Å². The smallest absolute Gasteiger partial charge is 0.0914 e. The average Bonchev–Trinajstić information content (AvgIpc) is 3.11. The summed E-state index contributed by atoms with van der Waals surface area (Å²) in [5.41, 5.74) is 2.35. The van der Waals surface area contributed by atoms with Crippen LogP contribution in [0.2, 0.25) is 0 Å². The minimum Gasteiger partial charge on any atom is -0.387 e. The first-order chi connectivity index (χ1) is 8.19. The van der Waals surface area contributed by atoms with Crippen molar-refractivity contribution in [3.63, 3.8) is 0 Å². The van der Waals surface area contributed by atoms with Crippen LogP contribution in [-0.4, -0.2) is 31.4 Å². The van der Waals surface area contributed by atoms with Gasteiger partial charge in [0.2, 0.25) is 0 Å². The lowest BCUT2D eigenvalue weighted by Gasteiger charge is -2.14. The van der Waals surface area contributed by atoms with Gasteiger partial charge in [-0.15, -0.1) is 0 Å². The summed E-state index contributed by atoms with van der Waals surface area (Å²) in [6.07, 6.45) is 2.87. The average molecular weight is 235 g/mol. The summed E-state index contributed by atoms with van der Waals surface area (Å²) in [7, 11) is 3.63. The molecule has 0 amide bonds. The lowest BCUT2D eigenvalue weighted by molar-refractivity contribution is 0.0807. The van der Waals surface area contributed by atoms with E-state index >= 15 is 0 Å². The second kappa shape index (κ2) is 5.17. The van der Waals surface area contributed by atoms with Gasteiger partial charge in [-0.25, -0.2) is 0 Å². The first-order valence-electron chi connectivity index (χ1n) is 6.16. The third-order valence-electron chi connectivity index (χ3n) is 3.53. The molecule has 1 aliphatic rings. The second-order valence-corrected chi connectivity index (χ2v) is 4.88. The molecule has 0 heterocycles. The van der Waals surface area contributed by atoms with Crippen LogP contribution in [0.15, 0.2) is 24.3 Å². The number of aliphatic hydroxyl groups excluding tert-OH is 1. The number of nitrogens with one attached hydrogen (secondary N) is 1. The fourth-order valence-electron chi connectivity index (χ4n) is 2.13. The first kappa shape index (κ1) is 12.6. The minimum absolute atomic E-state index is 0.102. The molecule has 1 aromatic carbocycles. The van der Waals surface area contributed by atoms with Crippen LogP contribution in [0.4, 0.5) is 0 Å². The van der Waals surface area contributed by atoms with Crippen LogP contribution in [0, 0.1) is 0 Å². The highest BCUT2D eigenvalue weighted by Gasteiger charge is 2.42. The Kier molecular flexibility index (Phi) is 3.82. The Bertz CT molecular complexity index is 357. The molecule has 2 N–H and O–H groups in total. The van der Waals surface area contributed by atoms with E-state index in [0.717, 1.165) is 24.8 Å². The summed E-state index contributed by atoms with van der Waals surface area (Å²) in [6.45, 7) is 0.585. The lowest BCUT2D eigenvalue weighted by atomic mass is 10.0. The van der Waals surface area contributed by atoms with Crippen LogP contribution in [0.25, 0.3) is 0 Å². The summed E-state index contributed by atoms with van der Waals surface area (Å²) in [5.74, 6) is 0. The highest BCUT2D eigenvalue weighted by atomic mass is 16.5. The van der Waals surface area contributed by atoms with Crippen molar-refractivity contribution in [2.75, 3.05) is 20.7 Å². The molecule has 17 heavy (non-hydrogen) atoms. The van der Waals surface area contributed by atoms with Crippen molar-refractivity contribution in [3.8, 4) is 0 Å². The first-order valence-corrected chi connectivity index (χ1v) is 6.16. The molecule has 1 saturated carbocycles. The van der Waals surface area contributed by atoms with Crippen molar-refractivity contribution in [2.24, 2.45) is 0 Å². The Morgan fingerprint density at radius 2 is 2.00 bits per heavy atom. The van der Waals surface area contributed by atoms with Gasteiger partial charge in [0.05, 0.1) is 11.7 Å². The van der Waals surface area contributed by atoms with E-state index in [0.29, 0.717) is 6.54 Å². The van der Waals surface area contributed by atoms with Crippen LogP contribution in [0.1, 0.15) is 30.1 Å². The summed E-state index contributed by atoms with van der Waals surface area (Å²) >= 11 is 0. The van der Waals surface area contributed by atoms with E-state index in [1.165, 1.54) is 5.56 Å². The summed E-state index contributed by atoms with van der Waals surface area (Å²) in [6, 6.07) is 8.19. The number of hydrogen-bond donors (Lipinski definition) is 2. The number of likely N-dealkylation sites (N-methyl/N-ethyl adjacent to an activating group) is 1. The van der Waals surface area contributed by atoms with Crippen LogP contribution in [-0.2, 0) is 11.2 Å². The zero-order valence-electron chi connectivity index (χ0n) is 10.6. The Hall–Kier alpha value is -0.900. The highest BCUT2D eigenvalue weighted by molar-refractivity contribution is 5.26. The summed E-state index contributed by atoms with van der Waals surface area (Å²) in [5, 5.41) is 12.8. The van der Waals surface area contributed by atoms with E-state index in [1.54, 1.807) is 7.11 Å². The number of hydrogen-bond acceptors (Lipinski definition) is 3. The van der Waals surface area contributed by atoms with Crippen molar-refractivity contribution >= 4 is 0 Å². The van der Waals surface area contributed by atoms with Crippen LogP contribution >= 0.6 is 0 Å². The second-order valence-electron chi connectivity index (χ2n) is 4.88. The predicted molar refractivity (Wildman–Crippen MR) is 68.0 cm³/mol. The van der Waals surface area contributed by atoms with Gasteiger partial charge < -0.3 is 15.2 Å². The normalized spacial score (nSPS) is 19.0. The van der Waals surface area contributed by atoms with Crippen molar-refractivity contribution in [2.45, 2.75) is 31.0 Å². The van der Waals surface area contributed by atoms with E-state index in [2.05, 4.69) is 17.4 Å². The van der Waals surface area contributed by atoms with E-state index in [1.807, 2.05) is 19.2 Å². The van der Waals surface area contributed by atoms with Crippen LogP contribution in [0.3, 0.4) is 0 Å². The molecule has 2 rings (SSSR count).